The fourth-order valence-electron chi connectivity index (χ4n) is 4.93. The molecule has 0 saturated carbocycles. The van der Waals surface area contributed by atoms with Crippen LogP contribution < -0.4 is 0 Å². The average Bonchev–Trinajstić information content (AvgIpc) is 3.51. The van der Waals surface area contributed by atoms with Gasteiger partial charge in [0.25, 0.3) is 0 Å². The Hall–Kier alpha value is -1.72. The Balaban J connectivity index is 1.56. The molecule has 2 aliphatic carbocycles. The predicted octanol–water partition coefficient (Wildman–Crippen LogP) is 9.57. The van der Waals surface area contributed by atoms with Gasteiger partial charge in [-0.1, -0.05) is 27.7 Å². The summed E-state index contributed by atoms with van der Waals surface area (Å²) in [6.07, 6.45) is 2.33. The van der Waals surface area contributed by atoms with E-state index in [1.807, 2.05) is 45.3 Å². The lowest BCUT2D eigenvalue weighted by Crippen LogP contribution is -1.89. The van der Waals surface area contributed by atoms with E-state index in [1.54, 1.807) is 0 Å². The van der Waals surface area contributed by atoms with Crippen LogP contribution in [0, 0.1) is 11.8 Å². The van der Waals surface area contributed by atoms with E-state index >= 15 is 0 Å². The van der Waals surface area contributed by atoms with E-state index in [1.165, 1.54) is 62.7 Å². The van der Waals surface area contributed by atoms with Crippen LogP contribution in [0.3, 0.4) is 0 Å². The topological polar surface area (TPSA) is 0 Å². The van der Waals surface area contributed by atoms with Crippen molar-refractivity contribution in [3.8, 4) is 0 Å². The van der Waals surface area contributed by atoms with Gasteiger partial charge in [0, 0.05) is 62.7 Å². The van der Waals surface area contributed by atoms with Crippen molar-refractivity contribution < 1.29 is 0 Å². The molecule has 0 unspecified atom stereocenters. The summed E-state index contributed by atoms with van der Waals surface area (Å²) in [6.45, 7) is 9.24. The first-order chi connectivity index (χ1) is 15.5. The molecule has 162 valence electrons. The molecule has 0 nitrogen and oxygen atoms in total. The Morgan fingerprint density at radius 2 is 1.00 bits per heavy atom. The van der Waals surface area contributed by atoms with E-state index in [4.69, 9.17) is 0 Å². The summed E-state index contributed by atoms with van der Waals surface area (Å²) in [5.74, 6) is 1.38. The molecule has 0 atom stereocenters. The molecule has 0 aromatic carbocycles. The lowest BCUT2D eigenvalue weighted by molar-refractivity contribution is 0.654. The highest BCUT2D eigenvalue weighted by Gasteiger charge is 2.39. The van der Waals surface area contributed by atoms with Crippen LogP contribution in [0.2, 0.25) is 0 Å². The maximum Gasteiger partial charge on any atom is 0.0442 e. The second-order valence-corrected chi connectivity index (χ2v) is 13.7. The van der Waals surface area contributed by atoms with Crippen LogP contribution in [-0.4, -0.2) is 0 Å². The van der Waals surface area contributed by atoms with E-state index in [0.29, 0.717) is 11.8 Å². The van der Waals surface area contributed by atoms with Crippen LogP contribution in [0.25, 0.3) is 22.3 Å². The summed E-state index contributed by atoms with van der Waals surface area (Å²) in [7, 11) is 0. The minimum Gasteiger partial charge on any atom is -0.143 e. The first-order valence-electron chi connectivity index (χ1n) is 11.3. The summed E-state index contributed by atoms with van der Waals surface area (Å²) >= 11 is 7.79. The first-order valence-corrected chi connectivity index (χ1v) is 14.7. The number of fused-ring (bicyclic) bond motifs is 5. The molecule has 32 heavy (non-hydrogen) atoms. The van der Waals surface area contributed by atoms with Crippen LogP contribution >= 0.6 is 45.3 Å². The minimum absolute atomic E-state index is 0.691. The zero-order chi connectivity index (χ0) is 22.0. The zero-order valence-electron chi connectivity index (χ0n) is 18.8. The molecule has 0 fully saturated rings. The monoisotopic (exact) mass is 490 g/mol. The molecule has 2 aliphatic rings. The molecule has 6 rings (SSSR count). The van der Waals surface area contributed by atoms with Crippen LogP contribution in [0.1, 0.15) is 68.1 Å². The highest BCUT2D eigenvalue weighted by molar-refractivity contribution is 7.17. The van der Waals surface area contributed by atoms with Crippen molar-refractivity contribution in [1.82, 2.24) is 0 Å². The second-order valence-electron chi connectivity index (χ2n) is 9.55. The van der Waals surface area contributed by atoms with E-state index in [-0.39, 0.29) is 0 Å². The third-order valence-electron chi connectivity index (χ3n) is 6.11. The number of hydrogen-bond donors (Lipinski definition) is 0. The fraction of sp³-hybridized carbons (Fsp3) is 0.286. The third kappa shape index (κ3) is 3.27. The predicted molar refractivity (Wildman–Crippen MR) is 146 cm³/mol. The Labute approximate surface area is 206 Å². The maximum absolute atomic E-state index is 2.37. The molecule has 0 spiro atoms. The Kier molecular flexibility index (Phi) is 5.18. The Morgan fingerprint density at radius 3 is 1.41 bits per heavy atom. The molecule has 4 heterocycles. The number of rotatable bonds is 6. The molecule has 0 saturated heterocycles. The zero-order valence-corrected chi connectivity index (χ0v) is 22.1. The highest BCUT2D eigenvalue weighted by atomic mass is 32.1. The molecular weight excluding hydrogens is 465 g/mol. The molecule has 4 aromatic rings. The van der Waals surface area contributed by atoms with E-state index in [0.717, 1.165) is 12.8 Å². The van der Waals surface area contributed by atoms with Crippen molar-refractivity contribution in [2.75, 3.05) is 0 Å². The van der Waals surface area contributed by atoms with Crippen molar-refractivity contribution in [3.05, 3.63) is 87.5 Å². The molecule has 0 bridgehead atoms. The summed E-state index contributed by atoms with van der Waals surface area (Å²) in [4.78, 5) is 8.78. The molecule has 0 radical (unpaired) electrons. The van der Waals surface area contributed by atoms with Gasteiger partial charge in [-0.3, -0.25) is 0 Å². The molecular formula is C28H26S4. The average molecular weight is 491 g/mol. The van der Waals surface area contributed by atoms with E-state index in [2.05, 4.69) is 74.9 Å². The van der Waals surface area contributed by atoms with Crippen molar-refractivity contribution in [2.45, 2.75) is 40.5 Å². The normalized spacial score (nSPS) is 14.8. The van der Waals surface area contributed by atoms with Crippen molar-refractivity contribution in [1.29, 1.82) is 0 Å². The molecule has 0 aliphatic heterocycles. The van der Waals surface area contributed by atoms with Crippen molar-refractivity contribution >= 4 is 67.6 Å². The van der Waals surface area contributed by atoms with Gasteiger partial charge in [-0.05, 0) is 71.8 Å². The lowest BCUT2D eigenvalue weighted by atomic mass is 10.0. The molecule has 4 heteroatoms. The lowest BCUT2D eigenvalue weighted by Gasteiger charge is -2.04. The Morgan fingerprint density at radius 1 is 0.562 bits per heavy atom. The summed E-state index contributed by atoms with van der Waals surface area (Å²) < 4.78 is 0. The molecule has 0 amide bonds. The third-order valence-corrected chi connectivity index (χ3v) is 10.2. The first kappa shape index (κ1) is 20.9. The number of thiophene rings is 4. The van der Waals surface area contributed by atoms with Crippen LogP contribution in [0.15, 0.2) is 47.2 Å². The van der Waals surface area contributed by atoms with Crippen LogP contribution in [-0.2, 0) is 12.8 Å². The van der Waals surface area contributed by atoms with E-state index in [9.17, 15) is 0 Å². The van der Waals surface area contributed by atoms with Gasteiger partial charge in [0.05, 0.1) is 0 Å². The maximum atomic E-state index is 2.37. The minimum atomic E-state index is 0.691. The SMILES string of the molecule is CC(C)Cc1ccc(C2=C3C(=C(c4ccc(CC(C)C)s4)c4sccc43)c3ccsc32)s1. The quantitative estimate of drug-likeness (QED) is 0.252. The molecule has 4 aromatic heterocycles. The smallest absolute Gasteiger partial charge is 0.0442 e. The number of allylic oxidation sites excluding steroid dienone is 2. The molecule has 0 N–H and O–H groups in total. The van der Waals surface area contributed by atoms with E-state index < -0.39 is 0 Å². The summed E-state index contributed by atoms with van der Waals surface area (Å²) in [5, 5.41) is 4.56. The highest BCUT2D eigenvalue weighted by Crippen LogP contribution is 2.61. The second kappa shape index (κ2) is 7.95. The van der Waals surface area contributed by atoms with Crippen molar-refractivity contribution in [2.24, 2.45) is 11.8 Å². The summed E-state index contributed by atoms with van der Waals surface area (Å²) in [5.41, 5.74) is 8.79. The van der Waals surface area contributed by atoms with Gasteiger partial charge < -0.3 is 0 Å². The van der Waals surface area contributed by atoms with Crippen molar-refractivity contribution in [3.63, 3.8) is 0 Å². The van der Waals surface area contributed by atoms with Gasteiger partial charge in [-0.25, -0.2) is 0 Å². The van der Waals surface area contributed by atoms with Crippen LogP contribution in [0.5, 0.6) is 0 Å². The van der Waals surface area contributed by atoms with Gasteiger partial charge >= 0.3 is 0 Å². The van der Waals surface area contributed by atoms with Gasteiger partial charge in [0.15, 0.2) is 0 Å². The van der Waals surface area contributed by atoms with Gasteiger partial charge in [-0.15, -0.1) is 45.3 Å². The fourth-order valence-corrected chi connectivity index (χ4v) is 9.55. The Bertz CT molecular complexity index is 1270. The van der Waals surface area contributed by atoms with Gasteiger partial charge in [-0.2, -0.15) is 0 Å². The number of hydrogen-bond acceptors (Lipinski definition) is 4. The van der Waals surface area contributed by atoms with Gasteiger partial charge in [0.2, 0.25) is 0 Å². The van der Waals surface area contributed by atoms with Crippen LogP contribution in [0.4, 0.5) is 0 Å². The standard InChI is InChI=1S/C28H26S4/c1-15(2)13-17-5-7-21(31-17)25-23-19-9-12-30-28(19)26(24(23)20-10-11-29-27(20)25)22-8-6-18(32-22)14-16(3)4/h5-12,15-16H,13-14H2,1-4H3. The largest absolute Gasteiger partial charge is 0.143 e. The van der Waals surface area contributed by atoms with Gasteiger partial charge in [0.1, 0.15) is 0 Å². The summed E-state index contributed by atoms with van der Waals surface area (Å²) in [6, 6.07) is 14.1.